The van der Waals surface area contributed by atoms with E-state index in [0.29, 0.717) is 68.9 Å². The van der Waals surface area contributed by atoms with Crippen molar-refractivity contribution >= 4 is 53.2 Å². The number of hydrogen-bond acceptors (Lipinski definition) is 15. The molecule has 5 N–H and O–H groups in total. The van der Waals surface area contributed by atoms with E-state index in [1.165, 1.54) is 25.9 Å². The number of amides is 6. The molecule has 10 atom stereocenters. The van der Waals surface area contributed by atoms with E-state index in [2.05, 4.69) is 31.5 Å². The van der Waals surface area contributed by atoms with Gasteiger partial charge in [0.05, 0.1) is 19.3 Å². The summed E-state index contributed by atoms with van der Waals surface area (Å²) in [5, 5.41) is 14.1. The highest BCUT2D eigenvalue weighted by Gasteiger charge is 2.42. The molecule has 0 bridgehead atoms. The lowest BCUT2D eigenvalue weighted by molar-refractivity contribution is -0.159. The van der Waals surface area contributed by atoms with Gasteiger partial charge in [0.25, 0.3) is 0 Å². The highest BCUT2D eigenvalue weighted by atomic mass is 16.7. The highest BCUT2D eigenvalue weighted by Crippen LogP contribution is 2.26. The van der Waals surface area contributed by atoms with Crippen molar-refractivity contribution < 1.29 is 66.8 Å². The Morgan fingerprint density at radius 1 is 0.594 bits per heavy atom. The number of benzene rings is 4. The van der Waals surface area contributed by atoms with Gasteiger partial charge in [-0.3, -0.25) is 38.5 Å². The van der Waals surface area contributed by atoms with Gasteiger partial charge in [-0.25, -0.2) is 9.59 Å². The monoisotopic (exact) mass is 1330 g/mol. The first kappa shape index (κ1) is 78.7. The normalized spacial score (nSPS) is 15.7. The Morgan fingerprint density at radius 3 is 1.64 bits per heavy atom. The van der Waals surface area contributed by atoms with Crippen LogP contribution in [0.15, 0.2) is 115 Å². The zero-order valence-corrected chi connectivity index (χ0v) is 59.0. The van der Waals surface area contributed by atoms with Gasteiger partial charge in [-0.15, -0.1) is 0 Å². The Morgan fingerprint density at radius 2 is 1.11 bits per heavy atom. The van der Waals surface area contributed by atoms with Crippen LogP contribution in [0.4, 0.5) is 0 Å². The van der Waals surface area contributed by atoms with Gasteiger partial charge < -0.3 is 55.2 Å². The minimum absolute atomic E-state index is 0.0599. The second-order valence-corrected chi connectivity index (χ2v) is 27.1. The number of ketones is 1. The number of hydrogen-bond donors (Lipinski definition) is 5. The van der Waals surface area contributed by atoms with Gasteiger partial charge in [0.15, 0.2) is 6.29 Å². The number of likely N-dealkylation sites (N-methyl/N-ethyl adjacent to an activating group) is 1. The zero-order chi connectivity index (χ0) is 70.6. The van der Waals surface area contributed by atoms with Crippen molar-refractivity contribution in [1.82, 2.24) is 36.4 Å². The molecule has 21 heteroatoms. The van der Waals surface area contributed by atoms with Crippen LogP contribution < -0.4 is 31.3 Å². The molecule has 1 aliphatic rings. The lowest BCUT2D eigenvalue weighted by Crippen LogP contribution is -2.61. The van der Waals surface area contributed by atoms with Crippen LogP contribution in [-0.2, 0) is 88.2 Å². The first-order chi connectivity index (χ1) is 45.6. The van der Waals surface area contributed by atoms with Crippen LogP contribution in [-0.4, -0.2) is 145 Å². The van der Waals surface area contributed by atoms with E-state index in [1.54, 1.807) is 69.3 Å². The molecule has 526 valence electrons. The maximum absolute atomic E-state index is 15.6. The average molecular weight is 1330 g/mol. The quantitative estimate of drug-likeness (QED) is 0.0261. The minimum Gasteiger partial charge on any atom is -0.488 e. The Bertz CT molecular complexity index is 3060. The summed E-state index contributed by atoms with van der Waals surface area (Å²) in [6.45, 7) is 23.1. The molecule has 21 nitrogen and oxygen atoms in total. The molecule has 6 amide bonds. The van der Waals surface area contributed by atoms with Crippen LogP contribution >= 0.6 is 0 Å². The molecule has 4 aromatic carbocycles. The van der Waals surface area contributed by atoms with E-state index in [0.717, 1.165) is 11.1 Å². The number of carbonyl (C=O) groups excluding carboxylic acids is 9. The maximum atomic E-state index is 15.6. The Kier molecular flexibility index (Phi) is 32.2. The summed E-state index contributed by atoms with van der Waals surface area (Å²) in [5.41, 5.74) is 2.78. The van der Waals surface area contributed by atoms with Gasteiger partial charge in [0, 0.05) is 64.7 Å². The van der Waals surface area contributed by atoms with E-state index >= 15 is 19.2 Å². The first-order valence-electron chi connectivity index (χ1n) is 34.1. The maximum Gasteiger partial charge on any atom is 0.329 e. The van der Waals surface area contributed by atoms with Crippen molar-refractivity contribution in [3.63, 3.8) is 0 Å². The summed E-state index contributed by atoms with van der Waals surface area (Å²) < 4.78 is 29.7. The summed E-state index contributed by atoms with van der Waals surface area (Å²) in [5.74, 6) is -7.98. The molecule has 1 saturated heterocycles. The third-order valence-electron chi connectivity index (χ3n) is 17.3. The summed E-state index contributed by atoms with van der Waals surface area (Å²) in [4.78, 5) is 134. The molecule has 0 aromatic heterocycles. The summed E-state index contributed by atoms with van der Waals surface area (Å²) in [6, 6.07) is 28.2. The van der Waals surface area contributed by atoms with Crippen molar-refractivity contribution in [2.45, 2.75) is 215 Å². The van der Waals surface area contributed by atoms with Crippen molar-refractivity contribution in [3.05, 3.63) is 138 Å². The van der Waals surface area contributed by atoms with Crippen LogP contribution in [0.1, 0.15) is 157 Å². The lowest BCUT2D eigenvalue weighted by Gasteiger charge is -2.36. The molecule has 0 spiro atoms. The van der Waals surface area contributed by atoms with Gasteiger partial charge in [-0.1, -0.05) is 171 Å². The molecule has 0 radical (unpaired) electrons. The summed E-state index contributed by atoms with van der Waals surface area (Å²) >= 11 is 0. The largest absolute Gasteiger partial charge is 0.488 e. The smallest absolute Gasteiger partial charge is 0.329 e. The van der Waals surface area contributed by atoms with Gasteiger partial charge in [0.1, 0.15) is 60.1 Å². The molecular formula is C75H107N7O14. The topological polar surface area (TPSA) is 266 Å². The third kappa shape index (κ3) is 25.9. The third-order valence-corrected chi connectivity index (χ3v) is 17.3. The second kappa shape index (κ2) is 39.3. The summed E-state index contributed by atoms with van der Waals surface area (Å²) in [7, 11) is 2.95. The second-order valence-electron chi connectivity index (χ2n) is 27.1. The highest BCUT2D eigenvalue weighted by molar-refractivity contribution is 5.96. The average Bonchev–Trinajstić information content (AvgIpc) is 0.886. The minimum atomic E-state index is -1.70. The molecule has 1 aliphatic heterocycles. The fourth-order valence-electron chi connectivity index (χ4n) is 11.2. The fraction of sp³-hybridized carbons (Fsp3) is 0.560. The van der Waals surface area contributed by atoms with Crippen molar-refractivity contribution in [2.24, 2.45) is 29.6 Å². The number of Topliss-reactive ketones (excluding diaryl/α,β-unsaturated/α-hetero) is 1. The molecule has 1 heterocycles. The molecule has 0 unspecified atom stereocenters. The van der Waals surface area contributed by atoms with Crippen LogP contribution in [0.2, 0.25) is 0 Å². The molecule has 4 aromatic rings. The predicted molar refractivity (Wildman–Crippen MR) is 367 cm³/mol. The number of ether oxygens (including phenoxy) is 5. The van der Waals surface area contributed by atoms with Crippen LogP contribution in [0, 0.1) is 29.6 Å². The number of carbonyl (C=O) groups is 9. The van der Waals surface area contributed by atoms with E-state index < -0.39 is 119 Å². The van der Waals surface area contributed by atoms with Crippen LogP contribution in [0.5, 0.6) is 5.75 Å². The van der Waals surface area contributed by atoms with Crippen molar-refractivity contribution in [2.75, 3.05) is 27.3 Å². The van der Waals surface area contributed by atoms with Crippen LogP contribution in [0.25, 0.3) is 0 Å². The number of rotatable bonds is 39. The fourth-order valence-corrected chi connectivity index (χ4v) is 11.2. The molecule has 1 fully saturated rings. The van der Waals surface area contributed by atoms with Crippen LogP contribution in [0.3, 0.4) is 0 Å². The molecule has 5 rings (SSSR count). The van der Waals surface area contributed by atoms with E-state index in [4.69, 9.17) is 23.7 Å². The first-order valence-corrected chi connectivity index (χ1v) is 34.1. The molecule has 0 saturated carbocycles. The van der Waals surface area contributed by atoms with Crippen molar-refractivity contribution in [1.29, 1.82) is 0 Å². The Labute approximate surface area is 568 Å². The Hall–Kier alpha value is -8.01. The van der Waals surface area contributed by atoms with Crippen molar-refractivity contribution in [3.8, 4) is 5.75 Å². The van der Waals surface area contributed by atoms with E-state index in [-0.39, 0.29) is 56.3 Å². The lowest BCUT2D eigenvalue weighted by atomic mass is 9.91. The predicted octanol–water partition coefficient (Wildman–Crippen LogP) is 8.97. The van der Waals surface area contributed by atoms with Gasteiger partial charge in [-0.2, -0.15) is 0 Å². The summed E-state index contributed by atoms with van der Waals surface area (Å²) in [6.07, 6.45) is -0.898. The number of nitrogens with zero attached hydrogens (tertiary/aromatic N) is 2. The Balaban J connectivity index is 1.53. The standard InChI is InChI=1S/C75H107N7O14/c1-15-50(7)65(78-69(86)60(37-39-64-92-40-41-93-64)82(45-54-26-20-17-21-27-54)46-55-28-22-18-23-29-55)72(89)81(14)61(43-53-32-35-58(36-33-53)96-75(10,11)12)70(87)79-66(51(8)16-2)74(91)95-52(9)67(80-68(85)57(34-38-63(84)76-13)44-62(83)49(5)6)71(88)77-59(42-48(3)4)73(90)94-47-56-30-24-19-25-31-56/h17-33,35-36,48-52,57,59-61,64-67H,15-16,34,37-47H2,1-14H3,(H,76,84)(H,77,88)(H,78,86)(H,79,87)(H,80,85)/t50-,51-,52+,57+,59-,60-,61-,65-,66-,67-/m0/s1. The number of esters is 2. The van der Waals surface area contributed by atoms with Gasteiger partial charge in [0.2, 0.25) is 35.4 Å². The van der Waals surface area contributed by atoms with Gasteiger partial charge in [-0.05, 0) is 99.1 Å². The zero-order valence-electron chi connectivity index (χ0n) is 59.0. The molecule has 0 aliphatic carbocycles. The van der Waals surface area contributed by atoms with Gasteiger partial charge >= 0.3 is 11.9 Å². The number of nitrogens with one attached hydrogen (secondary N) is 5. The SMILES string of the molecule is CC[C@H](C)[C@H](NC(=O)[C@H](Cc1ccc(OC(C)(C)C)cc1)N(C)C(=O)[C@@H](NC(=O)[C@H](CCC1OCCO1)N(Cc1ccccc1)Cc1ccccc1)[C@@H](C)CC)C(=O)O[C@H](C)[C@H](NC(=O)[C@H](CCC(=O)NC)CC(=O)C(C)C)C(=O)N[C@@H](CC(C)C)C(=O)OCc1ccccc1. The molecule has 96 heavy (non-hydrogen) atoms. The van der Waals surface area contributed by atoms with E-state index in [1.807, 2.05) is 122 Å². The molecular weight excluding hydrogens is 1220 g/mol. The van der Waals surface area contributed by atoms with E-state index in [9.17, 15) is 24.0 Å².